The molecule has 0 aliphatic rings. The number of aryl methyl sites for hydroxylation is 1. The van der Waals surface area contributed by atoms with Gasteiger partial charge in [0, 0.05) is 18.8 Å². The van der Waals surface area contributed by atoms with E-state index in [0.717, 1.165) is 50.2 Å². The molecule has 33 heavy (non-hydrogen) atoms. The van der Waals surface area contributed by atoms with Gasteiger partial charge in [-0.2, -0.15) is 0 Å². The van der Waals surface area contributed by atoms with E-state index in [9.17, 15) is 4.79 Å². The second-order valence-electron chi connectivity index (χ2n) is 8.50. The lowest BCUT2D eigenvalue weighted by molar-refractivity contribution is -0.133. The van der Waals surface area contributed by atoms with Crippen LogP contribution in [0.2, 0.25) is 0 Å². The number of aromatic nitrogens is 1. The van der Waals surface area contributed by atoms with E-state index in [1.54, 1.807) is 6.20 Å². The third kappa shape index (κ3) is 11.8. The first kappa shape index (κ1) is 26.8. The van der Waals surface area contributed by atoms with Crippen LogP contribution < -0.4 is 4.74 Å². The monoisotopic (exact) mass is 451 g/mol. The van der Waals surface area contributed by atoms with Crippen molar-refractivity contribution in [3.8, 4) is 17.0 Å². The normalized spacial score (nSPS) is 11.2. The standard InChI is InChI=1S/C29H41NO3/c1-3-5-6-7-8-9-12-15-29(31)33-27-20-21-28(30-24-27)26-18-16-25(17-19-26)14-11-10-13-23-32-22-4-2/h9,12,16-21,24H,3-8,10-11,13-15,22-23H2,1-2H3. The van der Waals surface area contributed by atoms with Crippen LogP contribution in [0.5, 0.6) is 5.75 Å². The molecule has 0 saturated heterocycles. The molecule has 180 valence electrons. The number of allylic oxidation sites excluding steroid dienone is 1. The lowest BCUT2D eigenvalue weighted by atomic mass is 10.0. The van der Waals surface area contributed by atoms with Gasteiger partial charge in [-0.05, 0) is 56.2 Å². The van der Waals surface area contributed by atoms with Gasteiger partial charge in [0.05, 0.1) is 18.3 Å². The molecule has 0 amide bonds. The number of carbonyl (C=O) groups is 1. The maximum atomic E-state index is 12.0. The lowest BCUT2D eigenvalue weighted by Gasteiger charge is -2.06. The fourth-order valence-electron chi connectivity index (χ4n) is 3.57. The Bertz CT molecular complexity index is 797. The SMILES string of the molecule is CCCCCCC=CCC(=O)Oc1ccc(-c2ccc(CCCCCOCCC)cc2)nc1. The van der Waals surface area contributed by atoms with Crippen molar-refractivity contribution in [2.24, 2.45) is 0 Å². The highest BCUT2D eigenvalue weighted by atomic mass is 16.5. The second kappa shape index (κ2) is 17.1. The summed E-state index contributed by atoms with van der Waals surface area (Å²) in [6.45, 7) is 6.09. The first-order valence-corrected chi connectivity index (χ1v) is 12.7. The number of esters is 1. The highest BCUT2D eigenvalue weighted by Gasteiger charge is 2.05. The molecule has 4 heteroatoms. The van der Waals surface area contributed by atoms with Crippen LogP contribution in [0.1, 0.15) is 83.6 Å². The van der Waals surface area contributed by atoms with Crippen LogP contribution in [0.15, 0.2) is 54.7 Å². The predicted molar refractivity (Wildman–Crippen MR) is 136 cm³/mol. The Balaban J connectivity index is 1.70. The summed E-state index contributed by atoms with van der Waals surface area (Å²) in [5.74, 6) is 0.232. The lowest BCUT2D eigenvalue weighted by Crippen LogP contribution is -2.06. The number of rotatable bonds is 17. The molecule has 1 aromatic heterocycles. The molecule has 0 saturated carbocycles. The molecule has 1 heterocycles. The number of nitrogens with zero attached hydrogens (tertiary/aromatic N) is 1. The van der Waals surface area contributed by atoms with Gasteiger partial charge in [-0.15, -0.1) is 0 Å². The highest BCUT2D eigenvalue weighted by Crippen LogP contribution is 2.21. The third-order valence-electron chi connectivity index (χ3n) is 5.50. The van der Waals surface area contributed by atoms with Gasteiger partial charge in [-0.3, -0.25) is 9.78 Å². The Hall–Kier alpha value is -2.46. The van der Waals surface area contributed by atoms with Gasteiger partial charge in [-0.1, -0.05) is 75.9 Å². The minimum atomic E-state index is -0.254. The van der Waals surface area contributed by atoms with Crippen molar-refractivity contribution in [2.75, 3.05) is 13.2 Å². The Morgan fingerprint density at radius 1 is 0.848 bits per heavy atom. The van der Waals surface area contributed by atoms with Crippen LogP contribution >= 0.6 is 0 Å². The molecule has 0 unspecified atom stereocenters. The molecule has 0 atom stereocenters. The van der Waals surface area contributed by atoms with Crippen molar-refractivity contribution in [2.45, 2.75) is 84.5 Å². The van der Waals surface area contributed by atoms with E-state index in [1.165, 1.54) is 44.1 Å². The molecule has 0 aliphatic carbocycles. The van der Waals surface area contributed by atoms with Gasteiger partial charge in [-0.25, -0.2) is 0 Å². The third-order valence-corrected chi connectivity index (χ3v) is 5.50. The fourth-order valence-corrected chi connectivity index (χ4v) is 3.57. The number of carbonyl (C=O) groups excluding carboxylic acids is 1. The van der Waals surface area contributed by atoms with Crippen molar-refractivity contribution in [1.82, 2.24) is 4.98 Å². The average Bonchev–Trinajstić information content (AvgIpc) is 2.84. The number of ether oxygens (including phenoxy) is 2. The van der Waals surface area contributed by atoms with Crippen molar-refractivity contribution in [3.63, 3.8) is 0 Å². The second-order valence-corrected chi connectivity index (χ2v) is 8.50. The molecule has 0 bridgehead atoms. The molecular weight excluding hydrogens is 410 g/mol. The van der Waals surface area contributed by atoms with E-state index in [1.807, 2.05) is 18.2 Å². The Kier molecular flexibility index (Phi) is 13.9. The summed E-state index contributed by atoms with van der Waals surface area (Å²) < 4.78 is 10.9. The molecule has 0 fully saturated rings. The molecule has 0 N–H and O–H groups in total. The number of pyridine rings is 1. The molecular formula is C29H41NO3. The minimum absolute atomic E-state index is 0.254. The number of benzene rings is 1. The van der Waals surface area contributed by atoms with Crippen molar-refractivity contribution >= 4 is 5.97 Å². The molecule has 1 aromatic carbocycles. The van der Waals surface area contributed by atoms with Crippen LogP contribution in [0.25, 0.3) is 11.3 Å². The Labute approximate surface area is 200 Å². The zero-order valence-electron chi connectivity index (χ0n) is 20.6. The van der Waals surface area contributed by atoms with Gasteiger partial charge in [0.2, 0.25) is 0 Å². The molecule has 0 aliphatic heterocycles. The van der Waals surface area contributed by atoms with E-state index in [4.69, 9.17) is 9.47 Å². The van der Waals surface area contributed by atoms with Gasteiger partial charge in [0.15, 0.2) is 0 Å². The summed E-state index contributed by atoms with van der Waals surface area (Å²) in [4.78, 5) is 16.5. The van der Waals surface area contributed by atoms with E-state index < -0.39 is 0 Å². The summed E-state index contributed by atoms with van der Waals surface area (Å²) in [5, 5.41) is 0. The van der Waals surface area contributed by atoms with Crippen LogP contribution in [-0.4, -0.2) is 24.2 Å². The fraction of sp³-hybridized carbons (Fsp3) is 0.517. The number of hydrogen-bond acceptors (Lipinski definition) is 4. The van der Waals surface area contributed by atoms with Crippen LogP contribution in [0.4, 0.5) is 0 Å². The number of hydrogen-bond donors (Lipinski definition) is 0. The topological polar surface area (TPSA) is 48.4 Å². The van der Waals surface area contributed by atoms with Gasteiger partial charge >= 0.3 is 5.97 Å². The molecule has 4 nitrogen and oxygen atoms in total. The van der Waals surface area contributed by atoms with Crippen molar-refractivity contribution in [1.29, 1.82) is 0 Å². The smallest absolute Gasteiger partial charge is 0.315 e. The quantitative estimate of drug-likeness (QED) is 0.140. The first-order chi connectivity index (χ1) is 16.2. The zero-order chi connectivity index (χ0) is 23.6. The maximum absolute atomic E-state index is 12.0. The number of unbranched alkanes of at least 4 members (excludes halogenated alkanes) is 6. The molecule has 2 aromatic rings. The van der Waals surface area contributed by atoms with E-state index in [2.05, 4.69) is 49.2 Å². The molecule has 0 radical (unpaired) electrons. The van der Waals surface area contributed by atoms with Crippen molar-refractivity contribution in [3.05, 3.63) is 60.3 Å². The van der Waals surface area contributed by atoms with Crippen LogP contribution in [0.3, 0.4) is 0 Å². The Morgan fingerprint density at radius 2 is 1.67 bits per heavy atom. The summed E-state index contributed by atoms with van der Waals surface area (Å²) in [7, 11) is 0. The van der Waals surface area contributed by atoms with Crippen molar-refractivity contribution < 1.29 is 14.3 Å². The minimum Gasteiger partial charge on any atom is -0.425 e. The van der Waals surface area contributed by atoms with Crippen LogP contribution in [0, 0.1) is 0 Å². The summed E-state index contributed by atoms with van der Waals surface area (Å²) in [6, 6.07) is 12.3. The first-order valence-electron chi connectivity index (χ1n) is 12.7. The highest BCUT2D eigenvalue weighted by molar-refractivity contribution is 5.74. The zero-order valence-corrected chi connectivity index (χ0v) is 20.6. The van der Waals surface area contributed by atoms with Crippen LogP contribution in [-0.2, 0) is 16.0 Å². The predicted octanol–water partition coefficient (Wildman–Crippen LogP) is 7.71. The Morgan fingerprint density at radius 3 is 2.39 bits per heavy atom. The largest absolute Gasteiger partial charge is 0.425 e. The van der Waals surface area contributed by atoms with Gasteiger partial charge in [0.25, 0.3) is 0 Å². The van der Waals surface area contributed by atoms with Gasteiger partial charge < -0.3 is 9.47 Å². The summed E-state index contributed by atoms with van der Waals surface area (Å²) in [6.07, 6.45) is 17.5. The summed E-state index contributed by atoms with van der Waals surface area (Å²) in [5.41, 5.74) is 3.29. The molecule has 2 rings (SSSR count). The molecule has 0 spiro atoms. The van der Waals surface area contributed by atoms with Gasteiger partial charge in [0.1, 0.15) is 5.75 Å². The van der Waals surface area contributed by atoms with E-state index in [-0.39, 0.29) is 5.97 Å². The summed E-state index contributed by atoms with van der Waals surface area (Å²) >= 11 is 0. The van der Waals surface area contributed by atoms with E-state index >= 15 is 0 Å². The van der Waals surface area contributed by atoms with E-state index in [0.29, 0.717) is 12.2 Å². The average molecular weight is 452 g/mol. The maximum Gasteiger partial charge on any atom is 0.315 e.